The Bertz CT molecular complexity index is 784. The van der Waals surface area contributed by atoms with Gasteiger partial charge in [0, 0.05) is 12.1 Å². The van der Waals surface area contributed by atoms with Gasteiger partial charge in [-0.25, -0.2) is 5.43 Å². The third-order valence-electron chi connectivity index (χ3n) is 3.05. The van der Waals surface area contributed by atoms with E-state index in [0.717, 1.165) is 6.07 Å². The van der Waals surface area contributed by atoms with E-state index in [9.17, 15) is 25.1 Å². The number of hydrogen-bond donors (Lipinski definition) is 3. The number of nitrogens with zero attached hydrogens (tertiary/aromatic N) is 2. The minimum absolute atomic E-state index is 0.0460. The molecule has 2 aromatic carbocycles. The van der Waals surface area contributed by atoms with Gasteiger partial charge in [0.05, 0.1) is 16.2 Å². The van der Waals surface area contributed by atoms with Crippen molar-refractivity contribution in [3.63, 3.8) is 0 Å². The lowest BCUT2D eigenvalue weighted by molar-refractivity contribution is -0.384. The fourth-order valence-corrected chi connectivity index (χ4v) is 1.79. The van der Waals surface area contributed by atoms with Crippen LogP contribution in [-0.4, -0.2) is 26.8 Å². The molecule has 1 amide bonds. The highest BCUT2D eigenvalue weighted by atomic mass is 16.6. The topological polar surface area (TPSA) is 125 Å². The number of non-ortho nitro benzene ring substituents is 1. The number of benzene rings is 2. The molecule has 0 unspecified atom stereocenters. The molecule has 0 fully saturated rings. The molecule has 0 saturated carbocycles. The van der Waals surface area contributed by atoms with Crippen LogP contribution in [0.2, 0.25) is 0 Å². The van der Waals surface area contributed by atoms with Crippen LogP contribution in [0.1, 0.15) is 22.8 Å². The van der Waals surface area contributed by atoms with Crippen molar-refractivity contribution in [1.29, 1.82) is 0 Å². The molecule has 118 valence electrons. The Hall–Kier alpha value is -3.42. The third-order valence-corrected chi connectivity index (χ3v) is 3.05. The Morgan fingerprint density at radius 2 is 1.83 bits per heavy atom. The number of carbonyl (C=O) groups is 1. The first-order valence-corrected chi connectivity index (χ1v) is 6.50. The lowest BCUT2D eigenvalue weighted by atomic mass is 10.1. The smallest absolute Gasteiger partial charge is 0.275 e. The summed E-state index contributed by atoms with van der Waals surface area (Å²) in [6.07, 6.45) is 0. The van der Waals surface area contributed by atoms with Crippen molar-refractivity contribution in [2.24, 2.45) is 5.10 Å². The Kier molecular flexibility index (Phi) is 4.55. The number of phenolic OH excluding ortho intramolecular Hbond substituents is 2. The number of hydrogen-bond acceptors (Lipinski definition) is 6. The lowest BCUT2D eigenvalue weighted by Crippen LogP contribution is -2.19. The molecule has 0 radical (unpaired) electrons. The summed E-state index contributed by atoms with van der Waals surface area (Å²) in [7, 11) is 0. The van der Waals surface area contributed by atoms with Gasteiger partial charge in [-0.1, -0.05) is 0 Å². The van der Waals surface area contributed by atoms with Crippen LogP contribution >= 0.6 is 0 Å². The third kappa shape index (κ3) is 3.82. The van der Waals surface area contributed by atoms with E-state index in [1.165, 1.54) is 36.4 Å². The summed E-state index contributed by atoms with van der Waals surface area (Å²) < 4.78 is 0. The minimum Gasteiger partial charge on any atom is -0.508 e. The van der Waals surface area contributed by atoms with Gasteiger partial charge in [-0.05, 0) is 42.8 Å². The van der Waals surface area contributed by atoms with Crippen molar-refractivity contribution in [3.05, 3.63) is 63.7 Å². The van der Waals surface area contributed by atoms with Crippen molar-refractivity contribution < 1.29 is 19.9 Å². The monoisotopic (exact) mass is 315 g/mol. The average Bonchev–Trinajstić information content (AvgIpc) is 2.54. The van der Waals surface area contributed by atoms with E-state index >= 15 is 0 Å². The molecule has 0 aliphatic heterocycles. The van der Waals surface area contributed by atoms with E-state index < -0.39 is 10.8 Å². The summed E-state index contributed by atoms with van der Waals surface area (Å²) in [4.78, 5) is 22.0. The van der Waals surface area contributed by atoms with Crippen LogP contribution in [0, 0.1) is 10.1 Å². The van der Waals surface area contributed by atoms with Crippen LogP contribution in [0.5, 0.6) is 11.5 Å². The van der Waals surface area contributed by atoms with Crippen LogP contribution in [-0.2, 0) is 0 Å². The van der Waals surface area contributed by atoms with E-state index in [2.05, 4.69) is 10.5 Å². The number of hydrazone groups is 1. The summed E-state index contributed by atoms with van der Waals surface area (Å²) in [6.45, 7) is 1.61. The zero-order chi connectivity index (χ0) is 17.0. The fourth-order valence-electron chi connectivity index (χ4n) is 1.79. The summed E-state index contributed by atoms with van der Waals surface area (Å²) in [5.74, 6) is -1.15. The summed E-state index contributed by atoms with van der Waals surface area (Å²) in [5, 5.41) is 33.4. The van der Waals surface area contributed by atoms with Gasteiger partial charge in [0.1, 0.15) is 11.5 Å². The number of carbonyl (C=O) groups excluding carboxylic acids is 1. The molecule has 2 rings (SSSR count). The van der Waals surface area contributed by atoms with Crippen molar-refractivity contribution in [1.82, 2.24) is 5.43 Å². The molecule has 0 bridgehead atoms. The predicted molar refractivity (Wildman–Crippen MR) is 82.5 cm³/mol. The predicted octanol–water partition coefficient (Wildman–Crippen LogP) is 2.16. The number of nitro benzene ring substituents is 1. The molecular formula is C15H13N3O5. The second-order valence-electron chi connectivity index (χ2n) is 4.64. The molecule has 0 aliphatic rings. The van der Waals surface area contributed by atoms with Crippen molar-refractivity contribution in [2.45, 2.75) is 6.92 Å². The Morgan fingerprint density at radius 1 is 1.17 bits per heavy atom. The van der Waals surface area contributed by atoms with Gasteiger partial charge in [0.15, 0.2) is 0 Å². The zero-order valence-corrected chi connectivity index (χ0v) is 12.1. The molecule has 2 aromatic rings. The van der Waals surface area contributed by atoms with Gasteiger partial charge in [-0.3, -0.25) is 14.9 Å². The first kappa shape index (κ1) is 16.0. The molecule has 0 atom stereocenters. The van der Waals surface area contributed by atoms with Gasteiger partial charge < -0.3 is 10.2 Å². The second-order valence-corrected chi connectivity index (χ2v) is 4.64. The molecule has 8 heteroatoms. The number of phenols is 2. The standard InChI is InChI=1S/C15H13N3O5/c1-9(10-2-4-11(5-3-10)18(22)23)16-17-15(21)13-8-12(19)6-7-14(13)20/h2-8,19-20H,1H3,(H,17,21)/b16-9+. The largest absolute Gasteiger partial charge is 0.508 e. The lowest BCUT2D eigenvalue weighted by Gasteiger charge is -2.05. The van der Waals surface area contributed by atoms with Gasteiger partial charge in [0.25, 0.3) is 11.6 Å². The maximum Gasteiger partial charge on any atom is 0.275 e. The van der Waals surface area contributed by atoms with Crippen LogP contribution < -0.4 is 5.43 Å². The highest BCUT2D eigenvalue weighted by Crippen LogP contribution is 2.21. The number of nitro groups is 1. The molecular weight excluding hydrogens is 302 g/mol. The maximum absolute atomic E-state index is 11.9. The van der Waals surface area contributed by atoms with Crippen LogP contribution in [0.4, 0.5) is 5.69 Å². The highest BCUT2D eigenvalue weighted by Gasteiger charge is 2.12. The first-order chi connectivity index (χ1) is 10.9. The van der Waals surface area contributed by atoms with Crippen molar-refractivity contribution in [2.75, 3.05) is 0 Å². The average molecular weight is 315 g/mol. The van der Waals surface area contributed by atoms with Crippen LogP contribution in [0.15, 0.2) is 47.6 Å². The van der Waals surface area contributed by atoms with E-state index in [-0.39, 0.29) is 22.7 Å². The van der Waals surface area contributed by atoms with Gasteiger partial charge in [0.2, 0.25) is 0 Å². The normalized spacial score (nSPS) is 11.1. The van der Waals surface area contributed by atoms with E-state index in [1.807, 2.05) is 0 Å². The second kappa shape index (κ2) is 6.56. The maximum atomic E-state index is 11.9. The van der Waals surface area contributed by atoms with E-state index in [0.29, 0.717) is 11.3 Å². The van der Waals surface area contributed by atoms with E-state index in [4.69, 9.17) is 0 Å². The summed E-state index contributed by atoms with van der Waals surface area (Å²) >= 11 is 0. The van der Waals surface area contributed by atoms with Gasteiger partial charge in [-0.15, -0.1) is 0 Å². The number of amides is 1. The van der Waals surface area contributed by atoms with Gasteiger partial charge in [-0.2, -0.15) is 5.10 Å². The van der Waals surface area contributed by atoms with E-state index in [1.54, 1.807) is 6.92 Å². The molecule has 3 N–H and O–H groups in total. The Labute approximate surface area is 130 Å². The number of nitrogens with one attached hydrogen (secondary N) is 1. The van der Waals surface area contributed by atoms with Crippen molar-refractivity contribution >= 4 is 17.3 Å². The molecule has 0 saturated heterocycles. The first-order valence-electron chi connectivity index (χ1n) is 6.50. The summed E-state index contributed by atoms with van der Waals surface area (Å²) in [5.41, 5.74) is 3.10. The molecule has 0 aromatic heterocycles. The summed E-state index contributed by atoms with van der Waals surface area (Å²) in [6, 6.07) is 9.23. The van der Waals surface area contributed by atoms with Gasteiger partial charge >= 0.3 is 0 Å². The van der Waals surface area contributed by atoms with Crippen LogP contribution in [0.3, 0.4) is 0 Å². The molecule has 8 nitrogen and oxygen atoms in total. The number of aromatic hydroxyl groups is 2. The molecule has 0 heterocycles. The highest BCUT2D eigenvalue weighted by molar-refractivity contribution is 6.01. The number of rotatable bonds is 4. The SMILES string of the molecule is C/C(=N\NC(=O)c1cc(O)ccc1O)c1ccc([N+](=O)[O-])cc1. The Balaban J connectivity index is 2.13. The zero-order valence-electron chi connectivity index (χ0n) is 12.1. The fraction of sp³-hybridized carbons (Fsp3) is 0.0667. The quantitative estimate of drug-likeness (QED) is 0.345. The van der Waals surface area contributed by atoms with Crippen molar-refractivity contribution in [3.8, 4) is 11.5 Å². The molecule has 0 spiro atoms. The minimum atomic E-state index is -0.695. The molecule has 23 heavy (non-hydrogen) atoms. The Morgan fingerprint density at radius 3 is 2.43 bits per heavy atom. The van der Waals surface area contributed by atoms with Crippen LogP contribution in [0.25, 0.3) is 0 Å². The molecule has 0 aliphatic carbocycles.